The molecule has 3 aromatic rings. The maximum absolute atomic E-state index is 13.9. The fourth-order valence-electron chi connectivity index (χ4n) is 2.47. The van der Waals surface area contributed by atoms with Gasteiger partial charge in [0.1, 0.15) is 11.6 Å². The molecule has 6 nitrogen and oxygen atoms in total. The summed E-state index contributed by atoms with van der Waals surface area (Å²) in [4.78, 5) is 12.3. The minimum atomic E-state index is -0.696. The number of amides is 1. The highest BCUT2D eigenvalue weighted by Gasteiger charge is 2.18. The van der Waals surface area contributed by atoms with Crippen molar-refractivity contribution in [3.63, 3.8) is 0 Å². The molecule has 0 atom stereocenters. The lowest BCUT2D eigenvalue weighted by Gasteiger charge is -2.12. The number of hydrogen-bond acceptors (Lipinski definition) is 4. The van der Waals surface area contributed by atoms with Crippen molar-refractivity contribution in [1.82, 2.24) is 20.1 Å². The van der Waals surface area contributed by atoms with Crippen LogP contribution in [0.1, 0.15) is 16.2 Å². The minimum absolute atomic E-state index is 0.00862. The van der Waals surface area contributed by atoms with Crippen molar-refractivity contribution in [3.8, 4) is 11.4 Å². The van der Waals surface area contributed by atoms with Crippen LogP contribution in [-0.2, 0) is 6.54 Å². The predicted molar refractivity (Wildman–Crippen MR) is 97.9 cm³/mol. The van der Waals surface area contributed by atoms with Crippen molar-refractivity contribution in [2.24, 2.45) is 0 Å². The third-order valence-electron chi connectivity index (χ3n) is 3.66. The van der Waals surface area contributed by atoms with E-state index in [9.17, 15) is 9.18 Å². The Balaban J connectivity index is 1.89. The largest absolute Gasteiger partial charge is 0.495 e. The summed E-state index contributed by atoms with van der Waals surface area (Å²) in [6.45, 7) is 0.00862. The van der Waals surface area contributed by atoms with Crippen molar-refractivity contribution >= 4 is 29.7 Å². The second-order valence-corrected chi connectivity index (χ2v) is 6.03. The molecule has 0 aliphatic carbocycles. The fourth-order valence-corrected chi connectivity index (χ4v) is 2.97. The molecule has 0 aliphatic heterocycles. The maximum Gasteiger partial charge on any atom is 0.256 e. The summed E-state index contributed by atoms with van der Waals surface area (Å²) in [5, 5.41) is 9.45. The van der Waals surface area contributed by atoms with Crippen LogP contribution in [0, 0.1) is 10.6 Å². The monoisotopic (exact) mass is 392 g/mol. The van der Waals surface area contributed by atoms with E-state index in [0.29, 0.717) is 22.0 Å². The Morgan fingerprint density at radius 2 is 2.12 bits per heavy atom. The average molecular weight is 393 g/mol. The lowest BCUT2D eigenvalue weighted by Crippen LogP contribution is -2.26. The first-order valence-electron chi connectivity index (χ1n) is 7.55. The number of hydrogen-bond donors (Lipinski definition) is 2. The minimum Gasteiger partial charge on any atom is -0.495 e. The molecule has 0 spiro atoms. The Morgan fingerprint density at radius 1 is 1.35 bits per heavy atom. The number of nitrogens with one attached hydrogen (secondary N) is 2. The Kier molecular flexibility index (Phi) is 5.34. The number of aromatic amines is 1. The fraction of sp³-hybridized carbons (Fsp3) is 0.118. The molecule has 1 heterocycles. The zero-order chi connectivity index (χ0) is 18.7. The summed E-state index contributed by atoms with van der Waals surface area (Å²) >= 11 is 11.2. The zero-order valence-corrected chi connectivity index (χ0v) is 15.2. The lowest BCUT2D eigenvalue weighted by molar-refractivity contribution is 0.0946. The van der Waals surface area contributed by atoms with Crippen LogP contribution in [0.2, 0.25) is 5.02 Å². The third kappa shape index (κ3) is 3.47. The van der Waals surface area contributed by atoms with Gasteiger partial charge < -0.3 is 10.1 Å². The number of carbonyl (C=O) groups excluding carboxylic acids is 1. The molecule has 0 saturated carbocycles. The maximum atomic E-state index is 13.9. The van der Waals surface area contributed by atoms with Crippen molar-refractivity contribution in [2.45, 2.75) is 6.54 Å². The van der Waals surface area contributed by atoms with Crippen molar-refractivity contribution < 1.29 is 13.9 Å². The van der Waals surface area contributed by atoms with Gasteiger partial charge in [0.15, 0.2) is 10.6 Å². The van der Waals surface area contributed by atoms with E-state index in [4.69, 9.17) is 28.6 Å². The summed E-state index contributed by atoms with van der Waals surface area (Å²) in [6.07, 6.45) is 0. The summed E-state index contributed by atoms with van der Waals surface area (Å²) < 4.78 is 21.2. The SMILES string of the molecule is COc1ccccc1-n1c(CNC(=O)c2c(F)cccc2Cl)n[nH]c1=S. The van der Waals surface area contributed by atoms with Gasteiger partial charge in [-0.1, -0.05) is 29.8 Å². The molecular formula is C17H14ClFN4O2S. The molecule has 2 aromatic carbocycles. The molecule has 0 bridgehead atoms. The van der Waals surface area contributed by atoms with Crippen LogP contribution in [0.5, 0.6) is 5.75 Å². The third-order valence-corrected chi connectivity index (χ3v) is 4.25. The number of H-pyrrole nitrogens is 1. The van der Waals surface area contributed by atoms with Crippen LogP contribution < -0.4 is 10.1 Å². The predicted octanol–water partition coefficient (Wildman–Crippen LogP) is 3.66. The quantitative estimate of drug-likeness (QED) is 0.650. The van der Waals surface area contributed by atoms with Gasteiger partial charge in [0, 0.05) is 0 Å². The Hall–Kier alpha value is -2.71. The van der Waals surface area contributed by atoms with E-state index >= 15 is 0 Å². The second kappa shape index (κ2) is 7.67. The molecule has 0 radical (unpaired) electrons. The molecular weight excluding hydrogens is 379 g/mol. The van der Waals surface area contributed by atoms with E-state index in [1.165, 1.54) is 18.2 Å². The first kappa shape index (κ1) is 18.1. The number of methoxy groups -OCH3 is 1. The standard InChI is InChI=1S/C17H14ClFN4O2S/c1-25-13-8-3-2-7-12(13)23-14(21-22-17(23)26)9-20-16(24)15-10(18)5-4-6-11(15)19/h2-8H,9H2,1H3,(H,20,24)(H,22,26). The number of para-hydroxylation sites is 2. The van der Waals surface area contributed by atoms with E-state index in [-0.39, 0.29) is 17.1 Å². The number of ether oxygens (including phenoxy) is 1. The summed E-state index contributed by atoms with van der Waals surface area (Å²) in [5.74, 6) is -0.317. The second-order valence-electron chi connectivity index (χ2n) is 5.23. The van der Waals surface area contributed by atoms with Crippen LogP contribution in [0.15, 0.2) is 42.5 Å². The Labute approximate surface area is 158 Å². The first-order chi connectivity index (χ1) is 12.5. The molecule has 0 saturated heterocycles. The topological polar surface area (TPSA) is 71.9 Å². The van der Waals surface area contributed by atoms with E-state index in [2.05, 4.69) is 15.5 Å². The Morgan fingerprint density at radius 3 is 2.85 bits per heavy atom. The number of nitrogens with zero attached hydrogens (tertiary/aromatic N) is 2. The molecule has 0 unspecified atom stereocenters. The van der Waals surface area contributed by atoms with E-state index in [1.807, 2.05) is 18.2 Å². The first-order valence-corrected chi connectivity index (χ1v) is 8.33. The lowest BCUT2D eigenvalue weighted by atomic mass is 10.2. The van der Waals surface area contributed by atoms with Crippen molar-refractivity contribution in [1.29, 1.82) is 0 Å². The van der Waals surface area contributed by atoms with Crippen LogP contribution in [-0.4, -0.2) is 27.8 Å². The van der Waals surface area contributed by atoms with Crippen molar-refractivity contribution in [3.05, 3.63) is 69.5 Å². The smallest absolute Gasteiger partial charge is 0.256 e. The molecule has 134 valence electrons. The van der Waals surface area contributed by atoms with Crippen LogP contribution in [0.3, 0.4) is 0 Å². The number of carbonyl (C=O) groups is 1. The summed E-state index contributed by atoms with van der Waals surface area (Å²) in [6, 6.07) is 11.3. The molecule has 2 N–H and O–H groups in total. The Bertz CT molecular complexity index is 998. The van der Waals surface area contributed by atoms with E-state index in [0.717, 1.165) is 0 Å². The van der Waals surface area contributed by atoms with Crippen molar-refractivity contribution in [2.75, 3.05) is 7.11 Å². The molecule has 3 rings (SSSR count). The number of rotatable bonds is 5. The van der Waals surface area contributed by atoms with Crippen LogP contribution >= 0.6 is 23.8 Å². The normalized spacial score (nSPS) is 10.6. The summed E-state index contributed by atoms with van der Waals surface area (Å²) in [5.41, 5.74) is 0.453. The van der Waals surface area contributed by atoms with Crippen LogP contribution in [0.25, 0.3) is 5.69 Å². The van der Waals surface area contributed by atoms with Gasteiger partial charge in [-0.15, -0.1) is 0 Å². The number of aromatic nitrogens is 3. The molecule has 26 heavy (non-hydrogen) atoms. The van der Waals surface area contributed by atoms with Gasteiger partial charge in [-0.2, -0.15) is 5.10 Å². The molecule has 0 fully saturated rings. The van der Waals surface area contributed by atoms with Gasteiger partial charge in [-0.3, -0.25) is 14.5 Å². The van der Waals surface area contributed by atoms with Crippen LogP contribution in [0.4, 0.5) is 4.39 Å². The van der Waals surface area contributed by atoms with Gasteiger partial charge >= 0.3 is 0 Å². The average Bonchev–Trinajstić information content (AvgIpc) is 3.00. The van der Waals surface area contributed by atoms with Gasteiger partial charge in [-0.05, 0) is 36.5 Å². The van der Waals surface area contributed by atoms with Gasteiger partial charge in [0.2, 0.25) is 0 Å². The highest BCUT2D eigenvalue weighted by molar-refractivity contribution is 7.71. The molecule has 9 heteroatoms. The van der Waals surface area contributed by atoms with Gasteiger partial charge in [0.25, 0.3) is 5.91 Å². The number of halogens is 2. The van der Waals surface area contributed by atoms with Gasteiger partial charge in [0.05, 0.1) is 29.9 Å². The molecule has 1 amide bonds. The van der Waals surface area contributed by atoms with E-state index < -0.39 is 11.7 Å². The highest BCUT2D eigenvalue weighted by atomic mass is 35.5. The molecule has 1 aromatic heterocycles. The summed E-state index contributed by atoms with van der Waals surface area (Å²) in [7, 11) is 1.55. The zero-order valence-electron chi connectivity index (χ0n) is 13.6. The number of benzene rings is 2. The van der Waals surface area contributed by atoms with E-state index in [1.54, 1.807) is 17.7 Å². The molecule has 0 aliphatic rings. The van der Waals surface area contributed by atoms with Gasteiger partial charge in [-0.25, -0.2) is 4.39 Å². The highest BCUT2D eigenvalue weighted by Crippen LogP contribution is 2.23.